The molecule has 0 spiro atoms. The van der Waals surface area contributed by atoms with Gasteiger partial charge in [-0.15, -0.1) is 0 Å². The first-order valence-corrected chi connectivity index (χ1v) is 7.66. The van der Waals surface area contributed by atoms with Crippen LogP contribution in [-0.2, 0) is 9.53 Å². The van der Waals surface area contributed by atoms with E-state index in [9.17, 15) is 9.18 Å². The second-order valence-electron chi connectivity index (χ2n) is 6.29. The minimum Gasteiger partial charge on any atom is -0.464 e. The normalized spacial score (nSPS) is 29.0. The van der Waals surface area contributed by atoms with Crippen LogP contribution in [0.4, 0.5) is 10.1 Å². The van der Waals surface area contributed by atoms with E-state index in [0.717, 1.165) is 24.9 Å². The van der Waals surface area contributed by atoms with Crippen LogP contribution < -0.4 is 5.32 Å². The Hall–Kier alpha value is -1.58. The monoisotopic (exact) mass is 293 g/mol. The first-order chi connectivity index (χ1) is 9.95. The summed E-state index contributed by atoms with van der Waals surface area (Å²) in [5.74, 6) is 0.418. The van der Waals surface area contributed by atoms with Gasteiger partial charge in [-0.05, 0) is 62.3 Å². The van der Waals surface area contributed by atoms with Gasteiger partial charge in [0, 0.05) is 5.69 Å². The summed E-state index contributed by atoms with van der Waals surface area (Å²) in [6, 6.07) is 6.13. The molecule has 0 heterocycles. The van der Waals surface area contributed by atoms with E-state index >= 15 is 0 Å². The Morgan fingerprint density at radius 1 is 1.29 bits per heavy atom. The summed E-state index contributed by atoms with van der Waals surface area (Å²) in [4.78, 5) is 12.5. The van der Waals surface area contributed by atoms with Crippen molar-refractivity contribution in [1.29, 1.82) is 0 Å². The number of carbonyl (C=O) groups excluding carboxylic acids is 1. The van der Waals surface area contributed by atoms with Crippen LogP contribution >= 0.6 is 0 Å². The Bertz CT molecular complexity index is 476. The molecule has 116 valence electrons. The third kappa shape index (κ3) is 3.74. The maximum atomic E-state index is 13.0. The molecule has 0 aromatic heterocycles. The van der Waals surface area contributed by atoms with Gasteiger partial charge in [-0.2, -0.15) is 0 Å². The molecule has 1 saturated carbocycles. The summed E-state index contributed by atoms with van der Waals surface area (Å²) >= 11 is 0. The molecule has 21 heavy (non-hydrogen) atoms. The number of benzene rings is 1. The van der Waals surface area contributed by atoms with Gasteiger partial charge in [0.1, 0.15) is 11.4 Å². The summed E-state index contributed by atoms with van der Waals surface area (Å²) < 4.78 is 18.3. The topological polar surface area (TPSA) is 38.3 Å². The Balaban J connectivity index is 2.26. The molecule has 2 atom stereocenters. The van der Waals surface area contributed by atoms with Gasteiger partial charge < -0.3 is 10.1 Å². The van der Waals surface area contributed by atoms with E-state index in [1.54, 1.807) is 12.1 Å². The second kappa shape index (κ2) is 6.46. The number of rotatable bonds is 4. The minimum absolute atomic E-state index is 0.201. The van der Waals surface area contributed by atoms with Crippen LogP contribution in [0.5, 0.6) is 0 Å². The molecule has 0 radical (unpaired) electrons. The first-order valence-electron chi connectivity index (χ1n) is 7.66. The van der Waals surface area contributed by atoms with E-state index in [0.29, 0.717) is 18.4 Å². The fourth-order valence-electron chi connectivity index (χ4n) is 3.53. The van der Waals surface area contributed by atoms with Gasteiger partial charge in [-0.1, -0.05) is 13.8 Å². The molecule has 1 aliphatic carbocycles. The van der Waals surface area contributed by atoms with Crippen molar-refractivity contribution in [1.82, 2.24) is 0 Å². The lowest BCUT2D eigenvalue weighted by atomic mass is 9.71. The van der Waals surface area contributed by atoms with Gasteiger partial charge in [0.25, 0.3) is 0 Å². The van der Waals surface area contributed by atoms with E-state index in [1.807, 2.05) is 6.92 Å². The lowest BCUT2D eigenvalue weighted by Crippen LogP contribution is -2.52. The highest BCUT2D eigenvalue weighted by atomic mass is 19.1. The van der Waals surface area contributed by atoms with E-state index in [2.05, 4.69) is 19.2 Å². The van der Waals surface area contributed by atoms with Crippen molar-refractivity contribution in [2.75, 3.05) is 11.9 Å². The van der Waals surface area contributed by atoms with Crippen molar-refractivity contribution in [3.8, 4) is 0 Å². The molecule has 0 saturated heterocycles. The van der Waals surface area contributed by atoms with Crippen LogP contribution in [0.1, 0.15) is 40.0 Å². The molecule has 1 fully saturated rings. The van der Waals surface area contributed by atoms with Crippen molar-refractivity contribution < 1.29 is 13.9 Å². The molecule has 4 heteroatoms. The number of carbonyl (C=O) groups is 1. The zero-order valence-corrected chi connectivity index (χ0v) is 13.0. The van der Waals surface area contributed by atoms with E-state index in [1.165, 1.54) is 12.1 Å². The van der Waals surface area contributed by atoms with Gasteiger partial charge in [0.2, 0.25) is 0 Å². The van der Waals surface area contributed by atoms with Crippen LogP contribution in [0.25, 0.3) is 0 Å². The van der Waals surface area contributed by atoms with Crippen molar-refractivity contribution >= 4 is 11.7 Å². The molecule has 3 nitrogen and oxygen atoms in total. The molecule has 2 rings (SSSR count). The number of anilines is 1. The Kier molecular flexibility index (Phi) is 4.86. The molecular formula is C17H24FNO2. The van der Waals surface area contributed by atoms with Crippen molar-refractivity contribution in [3.05, 3.63) is 30.1 Å². The summed E-state index contributed by atoms with van der Waals surface area (Å²) in [6.07, 6.45) is 2.60. The Morgan fingerprint density at radius 3 is 2.38 bits per heavy atom. The SMILES string of the molecule is CCOC(=O)C1(Nc2ccc(F)cc2)CC(C)CC(C)C1. The highest BCUT2D eigenvalue weighted by Gasteiger charge is 2.45. The predicted octanol–water partition coefficient (Wildman–Crippen LogP) is 4.00. The zero-order chi connectivity index (χ0) is 15.5. The molecule has 0 amide bonds. The molecular weight excluding hydrogens is 269 g/mol. The number of ether oxygens (including phenoxy) is 1. The van der Waals surface area contributed by atoms with E-state index in [-0.39, 0.29) is 11.8 Å². The number of esters is 1. The van der Waals surface area contributed by atoms with Crippen molar-refractivity contribution in [2.45, 2.75) is 45.6 Å². The van der Waals surface area contributed by atoms with Crippen molar-refractivity contribution in [2.24, 2.45) is 11.8 Å². The summed E-state index contributed by atoms with van der Waals surface area (Å²) in [7, 11) is 0. The number of nitrogens with one attached hydrogen (secondary N) is 1. The zero-order valence-electron chi connectivity index (χ0n) is 13.0. The van der Waals surface area contributed by atoms with Gasteiger partial charge in [0.15, 0.2) is 0 Å². The highest BCUT2D eigenvalue weighted by molar-refractivity contribution is 5.84. The molecule has 1 aromatic carbocycles. The largest absolute Gasteiger partial charge is 0.464 e. The highest BCUT2D eigenvalue weighted by Crippen LogP contribution is 2.39. The van der Waals surface area contributed by atoms with Crippen LogP contribution in [0.2, 0.25) is 0 Å². The van der Waals surface area contributed by atoms with Gasteiger partial charge >= 0.3 is 5.97 Å². The Labute approximate surface area is 125 Å². The van der Waals surface area contributed by atoms with Crippen LogP contribution in [0, 0.1) is 17.7 Å². The molecule has 1 N–H and O–H groups in total. The molecule has 1 aliphatic rings. The maximum absolute atomic E-state index is 13.0. The minimum atomic E-state index is -0.703. The van der Waals surface area contributed by atoms with E-state index < -0.39 is 5.54 Å². The van der Waals surface area contributed by atoms with Gasteiger partial charge in [-0.25, -0.2) is 9.18 Å². The number of hydrogen-bond donors (Lipinski definition) is 1. The van der Waals surface area contributed by atoms with Gasteiger partial charge in [-0.3, -0.25) is 0 Å². The summed E-state index contributed by atoms with van der Waals surface area (Å²) in [6.45, 7) is 6.51. The van der Waals surface area contributed by atoms with Crippen molar-refractivity contribution in [3.63, 3.8) is 0 Å². The second-order valence-corrected chi connectivity index (χ2v) is 6.29. The summed E-state index contributed by atoms with van der Waals surface area (Å²) in [5.41, 5.74) is 0.0519. The number of halogens is 1. The quantitative estimate of drug-likeness (QED) is 0.853. The third-order valence-corrected chi connectivity index (χ3v) is 4.09. The van der Waals surface area contributed by atoms with Gasteiger partial charge in [0.05, 0.1) is 6.61 Å². The standard InChI is InChI=1S/C17H24FNO2/c1-4-21-16(20)17(10-12(2)9-13(3)11-17)19-15-7-5-14(18)6-8-15/h5-8,12-13,19H,4,9-11H2,1-3H3. The maximum Gasteiger partial charge on any atom is 0.331 e. The van der Waals surface area contributed by atoms with Crippen LogP contribution in [0.15, 0.2) is 24.3 Å². The summed E-state index contributed by atoms with van der Waals surface area (Å²) in [5, 5.41) is 3.33. The van der Waals surface area contributed by atoms with Crippen LogP contribution in [-0.4, -0.2) is 18.1 Å². The smallest absolute Gasteiger partial charge is 0.331 e. The molecule has 0 aliphatic heterocycles. The van der Waals surface area contributed by atoms with Crippen LogP contribution in [0.3, 0.4) is 0 Å². The lowest BCUT2D eigenvalue weighted by Gasteiger charge is -2.42. The fraction of sp³-hybridized carbons (Fsp3) is 0.588. The number of hydrogen-bond acceptors (Lipinski definition) is 3. The van der Waals surface area contributed by atoms with E-state index in [4.69, 9.17) is 4.74 Å². The average Bonchev–Trinajstić information content (AvgIpc) is 2.40. The lowest BCUT2D eigenvalue weighted by molar-refractivity contribution is -0.151. The third-order valence-electron chi connectivity index (χ3n) is 4.09. The molecule has 1 aromatic rings. The molecule has 2 unspecified atom stereocenters. The average molecular weight is 293 g/mol. The fourth-order valence-corrected chi connectivity index (χ4v) is 3.53. The predicted molar refractivity (Wildman–Crippen MR) is 81.6 cm³/mol. The Morgan fingerprint density at radius 2 is 1.86 bits per heavy atom. The first kappa shape index (κ1) is 15.8. The molecule has 0 bridgehead atoms.